The molecule has 2 nitrogen and oxygen atoms in total. The maximum Gasteiger partial charge on any atom is 0.133 e. The molecular weight excluding hydrogens is 581 g/mol. The van der Waals surface area contributed by atoms with E-state index in [1.165, 1.54) is 60.9 Å². The summed E-state index contributed by atoms with van der Waals surface area (Å²) in [5.41, 5.74) is 9.40. The fraction of sp³-hybridized carbons (Fsp3) is 0.217. The lowest BCUT2D eigenvalue weighted by Crippen LogP contribution is -2.73. The third-order valence-corrected chi connectivity index (χ3v) is 10.4. The van der Waals surface area contributed by atoms with E-state index in [0.29, 0.717) is 0 Å². The Balaban J connectivity index is 0.000000168. The van der Waals surface area contributed by atoms with Crippen molar-refractivity contribution < 1.29 is 5.32 Å². The maximum atomic E-state index is 4.43. The average Bonchev–Trinajstić information content (AvgIpc) is 3.31. The van der Waals surface area contributed by atoms with Crippen LogP contribution < -0.4 is 10.2 Å². The van der Waals surface area contributed by atoms with Crippen LogP contribution in [0.3, 0.4) is 0 Å². The number of rotatable bonds is 8. The Bertz CT molecular complexity index is 2060. The summed E-state index contributed by atoms with van der Waals surface area (Å²) >= 11 is 0. The third-order valence-electron chi connectivity index (χ3n) is 10.4. The summed E-state index contributed by atoms with van der Waals surface area (Å²) in [6.45, 7) is 11.3. The summed E-state index contributed by atoms with van der Waals surface area (Å²) in [7, 11) is 4.28. The molecule has 0 fully saturated rings. The second kappa shape index (κ2) is 14.1. The van der Waals surface area contributed by atoms with E-state index < -0.39 is 0 Å². The van der Waals surface area contributed by atoms with Crippen molar-refractivity contribution in [2.75, 3.05) is 19.0 Å². The number of nitrogens with two attached hydrogens (primary N) is 1. The van der Waals surface area contributed by atoms with Gasteiger partial charge in [0, 0.05) is 34.8 Å². The molecule has 6 aromatic rings. The minimum Gasteiger partial charge on any atom is -0.348 e. The highest BCUT2D eigenvalue weighted by Gasteiger charge is 2.42. The summed E-state index contributed by atoms with van der Waals surface area (Å²) in [6.07, 6.45) is 7.52. The van der Waals surface area contributed by atoms with Crippen molar-refractivity contribution in [2.24, 2.45) is 0 Å². The number of nitrogens with zero attached hydrogens (tertiary/aromatic N) is 1. The Morgan fingerprint density at radius 3 is 1.94 bits per heavy atom. The molecule has 0 radical (unpaired) electrons. The summed E-state index contributed by atoms with van der Waals surface area (Å²) in [4.78, 5) is 2.25. The molecule has 48 heavy (non-hydrogen) atoms. The molecule has 2 unspecified atom stereocenters. The van der Waals surface area contributed by atoms with E-state index in [0.717, 1.165) is 19.3 Å². The van der Waals surface area contributed by atoms with Crippen LogP contribution in [0.1, 0.15) is 49.4 Å². The lowest BCUT2D eigenvalue weighted by Gasteiger charge is -2.31. The second-order valence-electron chi connectivity index (χ2n) is 13.7. The molecule has 1 aliphatic rings. The predicted molar refractivity (Wildman–Crippen MR) is 207 cm³/mol. The topological polar surface area (TPSA) is 19.9 Å². The van der Waals surface area contributed by atoms with Gasteiger partial charge in [0.1, 0.15) is 5.69 Å². The monoisotopic (exact) mass is 629 g/mol. The first-order valence-corrected chi connectivity index (χ1v) is 17.2. The first-order chi connectivity index (χ1) is 23.3. The largest absolute Gasteiger partial charge is 0.348 e. The van der Waals surface area contributed by atoms with Gasteiger partial charge in [-0.15, -0.1) is 0 Å². The van der Waals surface area contributed by atoms with Crippen LogP contribution >= 0.6 is 0 Å². The van der Waals surface area contributed by atoms with Gasteiger partial charge in [-0.3, -0.25) is 0 Å². The van der Waals surface area contributed by atoms with Gasteiger partial charge in [-0.25, -0.2) is 0 Å². The van der Waals surface area contributed by atoms with Crippen LogP contribution in [-0.2, 0) is 23.7 Å². The highest BCUT2D eigenvalue weighted by molar-refractivity contribution is 5.95. The van der Waals surface area contributed by atoms with Gasteiger partial charge < -0.3 is 10.2 Å². The molecule has 7 rings (SSSR count). The number of anilines is 1. The molecule has 1 heterocycles. The molecule has 6 aromatic carbocycles. The van der Waals surface area contributed by atoms with Gasteiger partial charge in [0.15, 0.2) is 0 Å². The van der Waals surface area contributed by atoms with Crippen LogP contribution in [-0.4, -0.2) is 14.1 Å². The minimum absolute atomic E-state index is 0.0522. The Kier molecular flexibility index (Phi) is 9.66. The zero-order valence-corrected chi connectivity index (χ0v) is 29.2. The van der Waals surface area contributed by atoms with Gasteiger partial charge in [0.05, 0.1) is 7.05 Å². The van der Waals surface area contributed by atoms with E-state index in [9.17, 15) is 0 Å². The Morgan fingerprint density at radius 2 is 1.29 bits per heavy atom. The molecule has 2 atom stereocenters. The molecule has 0 saturated carbocycles. The first-order valence-electron chi connectivity index (χ1n) is 17.2. The number of allylic oxidation sites excluding steroid dienone is 3. The van der Waals surface area contributed by atoms with Crippen molar-refractivity contribution >= 4 is 32.9 Å². The summed E-state index contributed by atoms with van der Waals surface area (Å²) < 4.78 is 0. The Labute approximate surface area is 287 Å². The molecule has 0 bridgehead atoms. The highest BCUT2D eigenvalue weighted by Crippen LogP contribution is 2.51. The van der Waals surface area contributed by atoms with Crippen LogP contribution in [0, 0.1) is 0 Å². The number of benzene rings is 6. The van der Waals surface area contributed by atoms with Crippen molar-refractivity contribution in [1.82, 2.24) is 0 Å². The molecule has 0 saturated heterocycles. The van der Waals surface area contributed by atoms with Gasteiger partial charge in [-0.1, -0.05) is 141 Å². The van der Waals surface area contributed by atoms with Gasteiger partial charge in [0.25, 0.3) is 0 Å². The smallest absolute Gasteiger partial charge is 0.133 e. The lowest BCUT2D eigenvalue weighted by atomic mass is 9.72. The van der Waals surface area contributed by atoms with Gasteiger partial charge in [-0.2, -0.15) is 0 Å². The summed E-state index contributed by atoms with van der Waals surface area (Å²) in [5.74, 6) is 0. The van der Waals surface area contributed by atoms with Crippen LogP contribution in [0.4, 0.5) is 11.4 Å². The number of hydrogen-bond acceptors (Lipinski definition) is 1. The average molecular weight is 630 g/mol. The number of fused-ring (bicyclic) bond motifs is 4. The predicted octanol–water partition coefficient (Wildman–Crippen LogP) is 10.4. The maximum absolute atomic E-state index is 4.43. The van der Waals surface area contributed by atoms with Gasteiger partial charge in [-0.05, 0) is 89.5 Å². The molecule has 0 amide bonds. The quantitative estimate of drug-likeness (QED) is 0.131. The number of likely N-dealkylation sites (N-methyl/N-ethyl adjacent to an activating group) is 1. The fourth-order valence-corrected chi connectivity index (χ4v) is 7.86. The van der Waals surface area contributed by atoms with Crippen molar-refractivity contribution in [1.29, 1.82) is 0 Å². The minimum atomic E-state index is -0.0771. The number of hydrogen-bond donors (Lipinski definition) is 1. The molecule has 0 aromatic heterocycles. The molecule has 2 heteroatoms. The van der Waals surface area contributed by atoms with Crippen LogP contribution in [0.25, 0.3) is 21.5 Å². The fourth-order valence-electron chi connectivity index (χ4n) is 7.86. The summed E-state index contributed by atoms with van der Waals surface area (Å²) in [6, 6.07) is 48.0. The van der Waals surface area contributed by atoms with Crippen LogP contribution in [0.2, 0.25) is 0 Å². The standard InChI is InChI=1S/C24H27N.C22H21N/c1-4-5-17-24(2,18-19-11-7-6-8-12-19)23-21-14-10-9-13-20(21)15-16-22(23)25-3;1-16-22(2,15-17-9-5-4-6-10-17)21-19-12-8-7-11-18(19)13-14-20(21)23(16)3/h4-16,25H,17-18H2,1-3H3;4-14H,1,15H2,2-3H3/p+1/b5-4+;. The van der Waals surface area contributed by atoms with Crippen molar-refractivity contribution in [3.63, 3.8) is 0 Å². The van der Waals surface area contributed by atoms with Crippen molar-refractivity contribution in [2.45, 2.75) is 50.9 Å². The van der Waals surface area contributed by atoms with Gasteiger partial charge >= 0.3 is 0 Å². The molecule has 242 valence electrons. The number of quaternary nitrogens is 1. The first kappa shape index (κ1) is 33.0. The zero-order chi connectivity index (χ0) is 33.7. The van der Waals surface area contributed by atoms with Crippen molar-refractivity contribution in [3.05, 3.63) is 180 Å². The van der Waals surface area contributed by atoms with Crippen LogP contribution in [0.5, 0.6) is 0 Å². The molecular formula is C46H49N2+. The van der Waals surface area contributed by atoms with E-state index >= 15 is 0 Å². The van der Waals surface area contributed by atoms with E-state index in [1.807, 2.05) is 0 Å². The normalized spacial score (nSPS) is 16.9. The van der Waals surface area contributed by atoms with Gasteiger partial charge in [0.2, 0.25) is 0 Å². The molecule has 0 aliphatic carbocycles. The van der Waals surface area contributed by atoms with E-state index in [1.54, 1.807) is 0 Å². The highest BCUT2D eigenvalue weighted by atomic mass is 15.2. The Morgan fingerprint density at radius 1 is 0.729 bits per heavy atom. The molecule has 0 spiro atoms. The lowest BCUT2D eigenvalue weighted by molar-refractivity contribution is -0.540. The van der Waals surface area contributed by atoms with E-state index in [-0.39, 0.29) is 10.8 Å². The zero-order valence-electron chi connectivity index (χ0n) is 29.2. The molecule has 1 aliphatic heterocycles. The van der Waals surface area contributed by atoms with Crippen LogP contribution in [0.15, 0.2) is 158 Å². The SMILES string of the molecule is C/C=C/CC(C)(Cc1ccccc1)c1c([NH2+]C)ccc2ccccc12.C=C1N(C)c2ccc3ccccc3c2C1(C)Cc1ccccc1. The van der Waals surface area contributed by atoms with E-state index in [2.05, 4.69) is 197 Å². The summed E-state index contributed by atoms with van der Waals surface area (Å²) in [5, 5.41) is 7.59. The Hall–Kier alpha value is -4.92. The third kappa shape index (κ3) is 6.33. The molecule has 2 N–H and O–H groups in total. The van der Waals surface area contributed by atoms with Crippen molar-refractivity contribution in [3.8, 4) is 0 Å². The van der Waals surface area contributed by atoms with E-state index in [4.69, 9.17) is 0 Å². The second-order valence-corrected chi connectivity index (χ2v) is 13.7.